The molecule has 0 aromatic rings. The molecule has 0 aliphatic heterocycles. The zero-order chi connectivity index (χ0) is 8.91. The van der Waals surface area contributed by atoms with Gasteiger partial charge in [0.2, 0.25) is 0 Å². The lowest BCUT2D eigenvalue weighted by molar-refractivity contribution is 0.223. The minimum absolute atomic E-state index is 0.0572. The quantitative estimate of drug-likeness (QED) is 0.609. The van der Waals surface area contributed by atoms with Gasteiger partial charge in [0.05, 0.1) is 12.3 Å². The van der Waals surface area contributed by atoms with Gasteiger partial charge in [-0.15, -0.1) is 0 Å². The predicted octanol–water partition coefficient (Wildman–Crippen LogP) is 3.37. The van der Waals surface area contributed by atoms with Crippen LogP contribution < -0.4 is 0 Å². The van der Waals surface area contributed by atoms with Crippen molar-refractivity contribution in [3.63, 3.8) is 0 Å². The van der Waals surface area contributed by atoms with E-state index in [0.717, 1.165) is 6.42 Å². The van der Waals surface area contributed by atoms with E-state index in [9.17, 15) is 8.76 Å². The standard InChI is InChI=1S/C7H16FO2P/c1-4-5-6-11(8,9)10-7(2)3/h7H,4-6H2,1-3H3. The highest BCUT2D eigenvalue weighted by atomic mass is 31.2. The summed E-state index contributed by atoms with van der Waals surface area (Å²) in [5, 5.41) is 0. The monoisotopic (exact) mass is 182 g/mol. The molecule has 0 bridgehead atoms. The summed E-state index contributed by atoms with van der Waals surface area (Å²) in [5.41, 5.74) is 0. The van der Waals surface area contributed by atoms with Crippen molar-refractivity contribution in [2.24, 2.45) is 0 Å². The van der Waals surface area contributed by atoms with Crippen molar-refractivity contribution in [3.05, 3.63) is 0 Å². The molecule has 2 nitrogen and oxygen atoms in total. The third-order valence-corrected chi connectivity index (χ3v) is 2.73. The maximum absolute atomic E-state index is 12.9. The number of hydrogen-bond donors (Lipinski definition) is 0. The van der Waals surface area contributed by atoms with Crippen molar-refractivity contribution >= 4 is 7.68 Å². The van der Waals surface area contributed by atoms with Crippen molar-refractivity contribution < 1.29 is 13.3 Å². The Morgan fingerprint density at radius 2 is 2.09 bits per heavy atom. The van der Waals surface area contributed by atoms with Gasteiger partial charge in [0.15, 0.2) is 0 Å². The fourth-order valence-corrected chi connectivity index (χ4v) is 2.14. The molecule has 0 aliphatic carbocycles. The third kappa shape index (κ3) is 6.52. The second-order valence-corrected chi connectivity index (χ2v) is 4.66. The van der Waals surface area contributed by atoms with Crippen LogP contribution in [0.3, 0.4) is 0 Å². The molecule has 0 saturated carbocycles. The van der Waals surface area contributed by atoms with Crippen LogP contribution in [0.25, 0.3) is 0 Å². The van der Waals surface area contributed by atoms with E-state index in [2.05, 4.69) is 4.52 Å². The van der Waals surface area contributed by atoms with Crippen LogP contribution in [0.5, 0.6) is 0 Å². The first-order valence-corrected chi connectivity index (χ1v) is 5.65. The van der Waals surface area contributed by atoms with Crippen LogP contribution in [-0.4, -0.2) is 12.3 Å². The first-order chi connectivity index (χ1) is 4.98. The Morgan fingerprint density at radius 1 is 1.55 bits per heavy atom. The summed E-state index contributed by atoms with van der Waals surface area (Å²) in [4.78, 5) is 0. The van der Waals surface area contributed by atoms with Gasteiger partial charge in [-0.1, -0.05) is 13.3 Å². The fourth-order valence-electron chi connectivity index (χ4n) is 0.714. The highest BCUT2D eigenvalue weighted by Gasteiger charge is 2.22. The van der Waals surface area contributed by atoms with Crippen LogP contribution in [0.1, 0.15) is 33.6 Å². The molecule has 0 heterocycles. The summed E-state index contributed by atoms with van der Waals surface area (Å²) in [5.74, 6) is 0. The fraction of sp³-hybridized carbons (Fsp3) is 1.00. The molecule has 0 aromatic heterocycles. The average Bonchev–Trinajstić information content (AvgIpc) is 1.81. The lowest BCUT2D eigenvalue weighted by Gasteiger charge is -2.11. The van der Waals surface area contributed by atoms with Gasteiger partial charge in [0.1, 0.15) is 0 Å². The number of halogens is 1. The van der Waals surface area contributed by atoms with Gasteiger partial charge >= 0.3 is 7.68 Å². The van der Waals surface area contributed by atoms with Crippen LogP contribution >= 0.6 is 7.68 Å². The Bertz CT molecular complexity index is 147. The molecule has 1 unspecified atom stereocenters. The summed E-state index contributed by atoms with van der Waals surface area (Å²) in [7, 11) is -3.77. The highest BCUT2D eigenvalue weighted by Crippen LogP contribution is 2.50. The maximum atomic E-state index is 12.9. The van der Waals surface area contributed by atoms with Gasteiger partial charge in [-0.25, -0.2) is 0 Å². The third-order valence-electron chi connectivity index (χ3n) is 1.15. The number of unbranched alkanes of at least 4 members (excludes halogenated alkanes) is 1. The molecule has 11 heavy (non-hydrogen) atoms. The van der Waals surface area contributed by atoms with E-state index in [-0.39, 0.29) is 12.3 Å². The lowest BCUT2D eigenvalue weighted by Crippen LogP contribution is -2.00. The summed E-state index contributed by atoms with van der Waals surface area (Å²) < 4.78 is 28.4. The predicted molar refractivity (Wildman–Crippen MR) is 44.7 cm³/mol. The average molecular weight is 182 g/mol. The molecule has 0 spiro atoms. The van der Waals surface area contributed by atoms with E-state index in [4.69, 9.17) is 0 Å². The Balaban J connectivity index is 3.71. The molecule has 0 amide bonds. The van der Waals surface area contributed by atoms with Crippen LogP contribution in [0.15, 0.2) is 0 Å². The Labute approximate surface area is 67.7 Å². The van der Waals surface area contributed by atoms with Gasteiger partial charge in [-0.05, 0) is 20.3 Å². The van der Waals surface area contributed by atoms with Crippen LogP contribution in [-0.2, 0) is 9.09 Å². The van der Waals surface area contributed by atoms with Gasteiger partial charge in [-0.2, -0.15) is 4.20 Å². The molecule has 0 aliphatic rings. The van der Waals surface area contributed by atoms with Crippen LogP contribution in [0.2, 0.25) is 0 Å². The van der Waals surface area contributed by atoms with E-state index in [1.165, 1.54) is 0 Å². The molecule has 68 valence electrons. The molecule has 1 atom stereocenters. The van der Waals surface area contributed by atoms with E-state index in [1.54, 1.807) is 13.8 Å². The summed E-state index contributed by atoms with van der Waals surface area (Å²) in [6, 6.07) is 0. The second-order valence-electron chi connectivity index (χ2n) is 2.82. The SMILES string of the molecule is CCCCP(=O)(F)OC(C)C. The maximum Gasteiger partial charge on any atom is 0.367 e. The second kappa shape index (κ2) is 4.89. The topological polar surface area (TPSA) is 26.3 Å². The van der Waals surface area contributed by atoms with Gasteiger partial charge < -0.3 is 4.52 Å². The Kier molecular flexibility index (Phi) is 4.94. The van der Waals surface area contributed by atoms with E-state index >= 15 is 0 Å². The molecule has 0 aromatic carbocycles. The molecule has 0 fully saturated rings. The molecule has 4 heteroatoms. The van der Waals surface area contributed by atoms with E-state index in [0.29, 0.717) is 6.42 Å². The molecule has 0 saturated heterocycles. The first-order valence-electron chi connectivity index (χ1n) is 3.95. The zero-order valence-electron chi connectivity index (χ0n) is 7.34. The van der Waals surface area contributed by atoms with Crippen molar-refractivity contribution in [2.45, 2.75) is 39.7 Å². The Hall–Kier alpha value is 0.120. The smallest absolute Gasteiger partial charge is 0.303 e. The molecular weight excluding hydrogens is 166 g/mol. The van der Waals surface area contributed by atoms with Gasteiger partial charge in [-0.3, -0.25) is 4.57 Å². The molecule has 0 N–H and O–H groups in total. The summed E-state index contributed by atoms with van der Waals surface area (Å²) in [6.07, 6.45) is 1.24. The zero-order valence-corrected chi connectivity index (χ0v) is 8.23. The van der Waals surface area contributed by atoms with Crippen molar-refractivity contribution in [2.75, 3.05) is 6.16 Å². The van der Waals surface area contributed by atoms with Gasteiger partial charge in [0.25, 0.3) is 0 Å². The largest absolute Gasteiger partial charge is 0.367 e. The van der Waals surface area contributed by atoms with Crippen molar-refractivity contribution in [1.29, 1.82) is 0 Å². The molecular formula is C7H16FO2P. The number of rotatable bonds is 5. The van der Waals surface area contributed by atoms with Crippen molar-refractivity contribution in [3.8, 4) is 0 Å². The lowest BCUT2D eigenvalue weighted by atomic mass is 10.4. The normalized spacial score (nSPS) is 16.8. The van der Waals surface area contributed by atoms with Crippen LogP contribution in [0.4, 0.5) is 4.20 Å². The van der Waals surface area contributed by atoms with Crippen molar-refractivity contribution in [1.82, 2.24) is 0 Å². The first kappa shape index (κ1) is 11.1. The summed E-state index contributed by atoms with van der Waals surface area (Å²) >= 11 is 0. The summed E-state index contributed by atoms with van der Waals surface area (Å²) in [6.45, 7) is 5.28. The molecule has 0 radical (unpaired) electrons. The Morgan fingerprint density at radius 3 is 2.45 bits per heavy atom. The number of hydrogen-bond acceptors (Lipinski definition) is 2. The molecule has 0 rings (SSSR count). The minimum Gasteiger partial charge on any atom is -0.303 e. The van der Waals surface area contributed by atoms with E-state index < -0.39 is 7.68 Å². The van der Waals surface area contributed by atoms with E-state index in [1.807, 2.05) is 6.92 Å². The van der Waals surface area contributed by atoms with Crippen LogP contribution in [0, 0.1) is 0 Å². The highest BCUT2D eigenvalue weighted by molar-refractivity contribution is 7.53. The minimum atomic E-state index is -3.77. The van der Waals surface area contributed by atoms with Gasteiger partial charge in [0, 0.05) is 0 Å².